The highest BCUT2D eigenvalue weighted by Crippen LogP contribution is 2.32. The van der Waals surface area contributed by atoms with Crippen molar-refractivity contribution in [1.29, 1.82) is 0 Å². The van der Waals surface area contributed by atoms with E-state index in [-0.39, 0.29) is 5.91 Å². The number of primary amides is 1. The molecular formula is C17H24N2O2. The first-order valence-electron chi connectivity index (χ1n) is 7.95. The van der Waals surface area contributed by atoms with Crippen molar-refractivity contribution in [1.82, 2.24) is 5.32 Å². The molecule has 0 saturated heterocycles. The fourth-order valence-electron chi connectivity index (χ4n) is 2.85. The zero-order valence-corrected chi connectivity index (χ0v) is 12.4. The van der Waals surface area contributed by atoms with Crippen LogP contribution in [0.4, 0.5) is 0 Å². The summed E-state index contributed by atoms with van der Waals surface area (Å²) in [6.07, 6.45) is 6.75. The van der Waals surface area contributed by atoms with E-state index >= 15 is 0 Å². The van der Waals surface area contributed by atoms with Gasteiger partial charge in [0.25, 0.3) is 0 Å². The summed E-state index contributed by atoms with van der Waals surface area (Å²) in [5, 5.41) is 3.48. The van der Waals surface area contributed by atoms with Crippen LogP contribution in [0.2, 0.25) is 0 Å². The first-order valence-corrected chi connectivity index (χ1v) is 7.95. The van der Waals surface area contributed by atoms with Gasteiger partial charge in [-0.05, 0) is 37.7 Å². The van der Waals surface area contributed by atoms with E-state index in [0.717, 1.165) is 31.2 Å². The van der Waals surface area contributed by atoms with Crippen LogP contribution in [-0.4, -0.2) is 24.7 Å². The Kier molecular flexibility index (Phi) is 4.27. The molecule has 2 aliphatic carbocycles. The molecule has 2 aliphatic rings. The van der Waals surface area contributed by atoms with E-state index in [1.165, 1.54) is 6.42 Å². The first-order chi connectivity index (χ1) is 10.2. The minimum atomic E-state index is -0.799. The summed E-state index contributed by atoms with van der Waals surface area (Å²) in [6.45, 7) is 0.572. The maximum Gasteiger partial charge on any atom is 0.242 e. The summed E-state index contributed by atoms with van der Waals surface area (Å²) in [5.41, 5.74) is 5.93. The van der Waals surface area contributed by atoms with Crippen LogP contribution in [0.1, 0.15) is 44.1 Å². The van der Waals surface area contributed by atoms with Gasteiger partial charge in [-0.1, -0.05) is 30.3 Å². The topological polar surface area (TPSA) is 64.4 Å². The van der Waals surface area contributed by atoms with Crippen LogP contribution in [0.5, 0.6) is 0 Å². The van der Waals surface area contributed by atoms with Gasteiger partial charge in [-0.15, -0.1) is 0 Å². The summed E-state index contributed by atoms with van der Waals surface area (Å²) in [4.78, 5) is 12.2. The number of benzene rings is 1. The Morgan fingerprint density at radius 3 is 2.48 bits per heavy atom. The third-order valence-electron chi connectivity index (χ3n) is 4.60. The molecule has 1 unspecified atom stereocenters. The highest BCUT2D eigenvalue weighted by Gasteiger charge is 2.42. The van der Waals surface area contributed by atoms with Crippen LogP contribution in [0, 0.1) is 0 Å². The van der Waals surface area contributed by atoms with Crippen LogP contribution < -0.4 is 11.1 Å². The summed E-state index contributed by atoms with van der Waals surface area (Å²) in [7, 11) is 0. The molecule has 0 heterocycles. The van der Waals surface area contributed by atoms with Crippen molar-refractivity contribution in [3.05, 3.63) is 35.9 Å². The van der Waals surface area contributed by atoms with Gasteiger partial charge >= 0.3 is 0 Å². The Morgan fingerprint density at radius 1 is 1.24 bits per heavy atom. The van der Waals surface area contributed by atoms with Gasteiger partial charge in [-0.3, -0.25) is 10.1 Å². The molecule has 114 valence electrons. The van der Waals surface area contributed by atoms with Gasteiger partial charge in [-0.25, -0.2) is 0 Å². The second-order valence-electron chi connectivity index (χ2n) is 6.23. The van der Waals surface area contributed by atoms with Crippen molar-refractivity contribution in [2.75, 3.05) is 6.61 Å². The fraction of sp³-hybridized carbons (Fsp3) is 0.588. The predicted molar refractivity (Wildman–Crippen MR) is 81.7 cm³/mol. The highest BCUT2D eigenvalue weighted by atomic mass is 16.5. The Balaban J connectivity index is 1.75. The molecule has 0 aliphatic heterocycles. The molecule has 3 N–H and O–H groups in total. The van der Waals surface area contributed by atoms with Crippen LogP contribution in [0.3, 0.4) is 0 Å². The van der Waals surface area contributed by atoms with Gasteiger partial charge in [0.05, 0.1) is 6.10 Å². The maximum atomic E-state index is 12.2. The lowest BCUT2D eigenvalue weighted by atomic mass is 9.85. The van der Waals surface area contributed by atoms with Crippen LogP contribution in [-0.2, 0) is 15.1 Å². The van der Waals surface area contributed by atoms with Gasteiger partial charge in [-0.2, -0.15) is 0 Å². The minimum absolute atomic E-state index is 0.308. The Hall–Kier alpha value is -1.39. The van der Waals surface area contributed by atoms with Crippen molar-refractivity contribution in [2.24, 2.45) is 5.73 Å². The lowest BCUT2D eigenvalue weighted by Gasteiger charge is -2.34. The van der Waals surface area contributed by atoms with E-state index < -0.39 is 5.54 Å². The molecule has 4 heteroatoms. The number of ether oxygens (including phenoxy) is 1. The second kappa shape index (κ2) is 6.16. The summed E-state index contributed by atoms with van der Waals surface area (Å²) in [5.74, 6) is -0.308. The third-order valence-corrected chi connectivity index (χ3v) is 4.60. The van der Waals surface area contributed by atoms with Crippen molar-refractivity contribution in [2.45, 2.75) is 56.2 Å². The molecule has 0 spiro atoms. The van der Waals surface area contributed by atoms with Crippen LogP contribution in [0.15, 0.2) is 30.3 Å². The number of amides is 1. The molecule has 2 saturated carbocycles. The predicted octanol–water partition coefficient (Wildman–Crippen LogP) is 2.08. The smallest absolute Gasteiger partial charge is 0.242 e. The molecule has 1 aromatic rings. The molecule has 1 amide bonds. The van der Waals surface area contributed by atoms with Gasteiger partial charge in [0.15, 0.2) is 0 Å². The molecule has 0 radical (unpaired) electrons. The Bertz CT molecular complexity index is 483. The SMILES string of the molecule is NC(=O)C(CCOC1CCC1)(NC1CC1)c1ccccc1. The van der Waals surface area contributed by atoms with E-state index in [1.54, 1.807) is 0 Å². The van der Waals surface area contributed by atoms with Gasteiger partial charge < -0.3 is 10.5 Å². The standard InChI is InChI=1S/C17H24N2O2/c18-16(20)17(19-14-9-10-14,13-5-2-1-3-6-13)11-12-21-15-7-4-8-15/h1-3,5-6,14-15,19H,4,7-12H2,(H2,18,20). The van der Waals surface area contributed by atoms with E-state index in [0.29, 0.717) is 25.2 Å². The Morgan fingerprint density at radius 2 is 1.95 bits per heavy atom. The first kappa shape index (κ1) is 14.5. The molecule has 1 atom stereocenters. The zero-order chi connectivity index (χ0) is 14.7. The monoisotopic (exact) mass is 288 g/mol. The average Bonchev–Trinajstić information content (AvgIpc) is 3.25. The molecule has 21 heavy (non-hydrogen) atoms. The molecule has 4 nitrogen and oxygen atoms in total. The van der Waals surface area contributed by atoms with E-state index in [1.807, 2.05) is 30.3 Å². The normalized spacial score (nSPS) is 21.5. The number of hydrogen-bond donors (Lipinski definition) is 2. The lowest BCUT2D eigenvalue weighted by molar-refractivity contribution is -0.126. The van der Waals surface area contributed by atoms with Crippen molar-refractivity contribution in [3.63, 3.8) is 0 Å². The van der Waals surface area contributed by atoms with Crippen molar-refractivity contribution in [3.8, 4) is 0 Å². The molecule has 2 fully saturated rings. The molecule has 3 rings (SSSR count). The Labute approximate surface area is 126 Å². The largest absolute Gasteiger partial charge is 0.378 e. The van der Waals surface area contributed by atoms with Gasteiger partial charge in [0.2, 0.25) is 5.91 Å². The average molecular weight is 288 g/mol. The number of hydrogen-bond acceptors (Lipinski definition) is 3. The number of carbonyl (C=O) groups is 1. The quantitative estimate of drug-likeness (QED) is 0.770. The van der Waals surface area contributed by atoms with Crippen LogP contribution in [0.25, 0.3) is 0 Å². The number of nitrogens with one attached hydrogen (secondary N) is 1. The summed E-state index contributed by atoms with van der Waals surface area (Å²) >= 11 is 0. The van der Waals surface area contributed by atoms with E-state index in [2.05, 4.69) is 5.32 Å². The molecule has 0 bridgehead atoms. The maximum absolute atomic E-state index is 12.2. The van der Waals surface area contributed by atoms with Gasteiger partial charge in [0, 0.05) is 19.1 Å². The fourth-order valence-corrected chi connectivity index (χ4v) is 2.85. The van der Waals surface area contributed by atoms with Crippen molar-refractivity contribution >= 4 is 5.91 Å². The summed E-state index contributed by atoms with van der Waals surface area (Å²) in [6, 6.07) is 10.2. The van der Waals surface area contributed by atoms with Crippen molar-refractivity contribution < 1.29 is 9.53 Å². The number of nitrogens with two attached hydrogens (primary N) is 1. The second-order valence-corrected chi connectivity index (χ2v) is 6.23. The third kappa shape index (κ3) is 3.27. The van der Waals surface area contributed by atoms with Crippen LogP contribution >= 0.6 is 0 Å². The number of rotatable bonds is 8. The molecular weight excluding hydrogens is 264 g/mol. The highest BCUT2D eigenvalue weighted by molar-refractivity contribution is 5.86. The van der Waals surface area contributed by atoms with Gasteiger partial charge in [0.1, 0.15) is 5.54 Å². The zero-order valence-electron chi connectivity index (χ0n) is 12.4. The molecule has 1 aromatic carbocycles. The van der Waals surface area contributed by atoms with E-state index in [9.17, 15) is 4.79 Å². The molecule has 0 aromatic heterocycles. The summed E-state index contributed by atoms with van der Waals surface area (Å²) < 4.78 is 5.86. The van der Waals surface area contributed by atoms with E-state index in [4.69, 9.17) is 10.5 Å². The number of carbonyl (C=O) groups excluding carboxylic acids is 1. The minimum Gasteiger partial charge on any atom is -0.378 e. The lowest BCUT2D eigenvalue weighted by Crippen LogP contribution is -2.54.